The van der Waals surface area contributed by atoms with Gasteiger partial charge in [0.05, 0.1) is 11.7 Å². The highest BCUT2D eigenvalue weighted by Gasteiger charge is 2.32. The Morgan fingerprint density at radius 2 is 1.88 bits per heavy atom. The molecule has 0 unspecified atom stereocenters. The number of hydrogen-bond acceptors (Lipinski definition) is 5. The van der Waals surface area contributed by atoms with Gasteiger partial charge in [-0.3, -0.25) is 0 Å². The molecule has 1 aliphatic carbocycles. The molecule has 1 heterocycles. The fourth-order valence-corrected chi connectivity index (χ4v) is 2.80. The number of nitrogens with one attached hydrogen (secondary N) is 1. The monoisotopic (exact) mass is 327 g/mol. The molecule has 24 heavy (non-hydrogen) atoms. The van der Waals surface area contributed by atoms with Crippen LogP contribution in [0.15, 0.2) is 42.9 Å². The lowest BCUT2D eigenvalue weighted by Gasteiger charge is -2.39. The Labute approximate surface area is 143 Å². The number of benzene rings is 1. The minimum atomic E-state index is -0.0391. The van der Waals surface area contributed by atoms with Gasteiger partial charge in [0.2, 0.25) is 5.88 Å². The first kappa shape index (κ1) is 16.7. The van der Waals surface area contributed by atoms with E-state index in [1.54, 1.807) is 12.3 Å². The van der Waals surface area contributed by atoms with Crippen molar-refractivity contribution in [2.75, 3.05) is 11.9 Å². The van der Waals surface area contributed by atoms with Gasteiger partial charge in [0.25, 0.3) is 0 Å². The van der Waals surface area contributed by atoms with Gasteiger partial charge in [-0.1, -0.05) is 0 Å². The lowest BCUT2D eigenvalue weighted by molar-refractivity contribution is -0.109. The van der Waals surface area contributed by atoms with E-state index in [0.29, 0.717) is 17.9 Å². The molecule has 1 fully saturated rings. The van der Waals surface area contributed by atoms with Gasteiger partial charge in [-0.2, -0.15) is 0 Å². The molecule has 0 bridgehead atoms. The summed E-state index contributed by atoms with van der Waals surface area (Å²) in [4.78, 5) is 7.92. The molecule has 0 saturated heterocycles. The molecule has 0 atom stereocenters. The van der Waals surface area contributed by atoms with Crippen LogP contribution in [0.25, 0.3) is 0 Å². The zero-order valence-corrected chi connectivity index (χ0v) is 14.5. The Hall–Kier alpha value is -2.14. The molecule has 1 aromatic carbocycles. The van der Waals surface area contributed by atoms with E-state index >= 15 is 0 Å². The second kappa shape index (κ2) is 7.18. The van der Waals surface area contributed by atoms with Crippen LogP contribution in [0.4, 0.5) is 5.69 Å². The van der Waals surface area contributed by atoms with Crippen molar-refractivity contribution in [3.8, 4) is 11.6 Å². The lowest BCUT2D eigenvalue weighted by Crippen LogP contribution is -2.40. The normalized spacial score (nSPS) is 20.3. The molecular weight excluding hydrogens is 302 g/mol. The van der Waals surface area contributed by atoms with Crippen LogP contribution in [-0.2, 0) is 4.74 Å². The van der Waals surface area contributed by atoms with Crippen molar-refractivity contribution in [1.29, 1.82) is 0 Å². The average molecular weight is 327 g/mol. The van der Waals surface area contributed by atoms with Crippen molar-refractivity contribution in [3.63, 3.8) is 0 Å². The lowest BCUT2D eigenvalue weighted by atomic mass is 9.82. The number of aromatic nitrogens is 2. The van der Waals surface area contributed by atoms with Gasteiger partial charge >= 0.3 is 0 Å². The van der Waals surface area contributed by atoms with E-state index in [4.69, 9.17) is 9.47 Å². The summed E-state index contributed by atoms with van der Waals surface area (Å²) in [6.45, 7) is 7.33. The first-order chi connectivity index (χ1) is 11.5. The maximum Gasteiger partial charge on any atom is 0.222 e. The summed E-state index contributed by atoms with van der Waals surface area (Å²) in [5.41, 5.74) is 1.06. The minimum absolute atomic E-state index is 0.0391. The first-order valence-corrected chi connectivity index (χ1v) is 8.43. The van der Waals surface area contributed by atoms with Crippen LogP contribution < -0.4 is 10.1 Å². The number of anilines is 1. The van der Waals surface area contributed by atoms with Crippen LogP contribution in [0.3, 0.4) is 0 Å². The fraction of sp³-hybridized carbons (Fsp3) is 0.474. The van der Waals surface area contributed by atoms with Gasteiger partial charge in [-0.15, -0.1) is 0 Å². The average Bonchev–Trinajstić information content (AvgIpc) is 2.51. The fourth-order valence-electron chi connectivity index (χ4n) is 2.80. The maximum absolute atomic E-state index is 5.97. The van der Waals surface area contributed by atoms with Crippen LogP contribution in [0, 0.1) is 5.92 Å². The Kier molecular flexibility index (Phi) is 5.00. The van der Waals surface area contributed by atoms with E-state index in [-0.39, 0.29) is 5.60 Å². The molecule has 2 aromatic rings. The second-order valence-corrected chi connectivity index (χ2v) is 7.24. The predicted molar refractivity (Wildman–Crippen MR) is 94.4 cm³/mol. The summed E-state index contributed by atoms with van der Waals surface area (Å²) in [7, 11) is 0. The van der Waals surface area contributed by atoms with E-state index in [9.17, 15) is 0 Å². The third-order valence-corrected chi connectivity index (χ3v) is 3.94. The first-order valence-electron chi connectivity index (χ1n) is 8.43. The molecule has 0 aliphatic heterocycles. The van der Waals surface area contributed by atoms with Gasteiger partial charge in [0.1, 0.15) is 12.1 Å². The van der Waals surface area contributed by atoms with Gasteiger partial charge in [0.15, 0.2) is 0 Å². The van der Waals surface area contributed by atoms with Gasteiger partial charge in [-0.25, -0.2) is 9.97 Å². The Bertz CT molecular complexity index is 632. The Morgan fingerprint density at radius 3 is 2.50 bits per heavy atom. The topological polar surface area (TPSA) is 56.3 Å². The predicted octanol–water partition coefficient (Wildman–Crippen LogP) is 4.27. The molecule has 5 nitrogen and oxygen atoms in total. The van der Waals surface area contributed by atoms with Crippen molar-refractivity contribution in [3.05, 3.63) is 42.9 Å². The third-order valence-electron chi connectivity index (χ3n) is 3.94. The summed E-state index contributed by atoms with van der Waals surface area (Å²) in [6, 6.07) is 9.67. The summed E-state index contributed by atoms with van der Waals surface area (Å²) >= 11 is 0. The Morgan fingerprint density at radius 1 is 1.12 bits per heavy atom. The SMILES string of the molecule is CC(C)(C)OC1CC(CNc2ccc(Oc3ccncn3)cc2)C1. The van der Waals surface area contributed by atoms with Crippen molar-refractivity contribution < 1.29 is 9.47 Å². The molecule has 3 rings (SSSR count). The van der Waals surface area contributed by atoms with Gasteiger partial charge in [0, 0.05) is 24.5 Å². The Balaban J connectivity index is 1.41. The molecule has 5 heteroatoms. The largest absolute Gasteiger partial charge is 0.439 e. The van der Waals surface area contributed by atoms with Crippen LogP contribution in [0.5, 0.6) is 11.6 Å². The summed E-state index contributed by atoms with van der Waals surface area (Å²) in [6.07, 6.45) is 5.83. The van der Waals surface area contributed by atoms with E-state index in [1.165, 1.54) is 6.33 Å². The zero-order chi connectivity index (χ0) is 17.0. The smallest absolute Gasteiger partial charge is 0.222 e. The molecule has 1 saturated carbocycles. The zero-order valence-electron chi connectivity index (χ0n) is 14.5. The van der Waals surface area contributed by atoms with Crippen molar-refractivity contribution in [2.24, 2.45) is 5.92 Å². The molecule has 0 radical (unpaired) electrons. The molecule has 1 aliphatic rings. The molecule has 128 valence electrons. The number of rotatable bonds is 6. The molecule has 1 aromatic heterocycles. The van der Waals surface area contributed by atoms with E-state index in [2.05, 4.69) is 36.1 Å². The van der Waals surface area contributed by atoms with Gasteiger partial charge in [-0.05, 0) is 63.8 Å². The summed E-state index contributed by atoms with van der Waals surface area (Å²) < 4.78 is 11.6. The highest BCUT2D eigenvalue weighted by molar-refractivity contribution is 5.46. The van der Waals surface area contributed by atoms with Crippen LogP contribution >= 0.6 is 0 Å². The number of nitrogens with zero attached hydrogens (tertiary/aromatic N) is 2. The summed E-state index contributed by atoms with van der Waals surface area (Å²) in [5.74, 6) is 2.00. The molecule has 1 N–H and O–H groups in total. The van der Waals surface area contributed by atoms with E-state index in [0.717, 1.165) is 30.8 Å². The van der Waals surface area contributed by atoms with Crippen molar-refractivity contribution in [1.82, 2.24) is 9.97 Å². The highest BCUT2D eigenvalue weighted by Crippen LogP contribution is 2.33. The molecule has 0 spiro atoms. The van der Waals surface area contributed by atoms with Crippen LogP contribution in [0.1, 0.15) is 33.6 Å². The molecular formula is C19H25N3O2. The third kappa shape index (κ3) is 4.93. The van der Waals surface area contributed by atoms with Crippen molar-refractivity contribution >= 4 is 5.69 Å². The quantitative estimate of drug-likeness (QED) is 0.858. The van der Waals surface area contributed by atoms with E-state index in [1.807, 2.05) is 24.3 Å². The van der Waals surface area contributed by atoms with E-state index < -0.39 is 0 Å². The molecule has 0 amide bonds. The van der Waals surface area contributed by atoms with Gasteiger partial charge < -0.3 is 14.8 Å². The van der Waals surface area contributed by atoms with Crippen LogP contribution in [0.2, 0.25) is 0 Å². The summed E-state index contributed by atoms with van der Waals surface area (Å²) in [5, 5.41) is 3.48. The second-order valence-electron chi connectivity index (χ2n) is 7.24. The highest BCUT2D eigenvalue weighted by atomic mass is 16.5. The number of hydrogen-bond donors (Lipinski definition) is 1. The van der Waals surface area contributed by atoms with Crippen LogP contribution in [-0.4, -0.2) is 28.2 Å². The minimum Gasteiger partial charge on any atom is -0.439 e. The standard InChI is InChI=1S/C19H25N3O2/c1-19(2,3)24-17-10-14(11-17)12-21-15-4-6-16(7-5-15)23-18-8-9-20-13-22-18/h4-9,13-14,17,21H,10-12H2,1-3H3. The van der Waals surface area contributed by atoms with Crippen molar-refractivity contribution in [2.45, 2.75) is 45.3 Å². The number of ether oxygens (including phenoxy) is 2. The maximum atomic E-state index is 5.97.